The number of nitrogens with zero attached hydrogens (tertiary/aromatic N) is 1. The summed E-state index contributed by atoms with van der Waals surface area (Å²) in [5.74, 6) is 2.00. The summed E-state index contributed by atoms with van der Waals surface area (Å²) in [6.07, 6.45) is 0. The van der Waals surface area contributed by atoms with Crippen LogP contribution in [0.4, 0.5) is 0 Å². The fraction of sp³-hybridized carbons (Fsp3) is 0.889. The second kappa shape index (κ2) is 4.17. The molecule has 12 heavy (non-hydrogen) atoms. The van der Waals surface area contributed by atoms with Crippen molar-refractivity contribution in [3.8, 4) is 0 Å². The van der Waals surface area contributed by atoms with Crippen LogP contribution in [0.25, 0.3) is 0 Å². The molecule has 0 radical (unpaired) electrons. The summed E-state index contributed by atoms with van der Waals surface area (Å²) in [7, 11) is 0. The van der Waals surface area contributed by atoms with Crippen LogP contribution >= 0.6 is 11.8 Å². The summed E-state index contributed by atoms with van der Waals surface area (Å²) < 4.78 is 0. The van der Waals surface area contributed by atoms with Gasteiger partial charge in [0.15, 0.2) is 0 Å². The van der Waals surface area contributed by atoms with Crippen molar-refractivity contribution >= 4 is 17.7 Å². The van der Waals surface area contributed by atoms with E-state index in [9.17, 15) is 4.79 Å². The zero-order chi connectivity index (χ0) is 9.14. The number of hydrogen-bond acceptors (Lipinski definition) is 2. The van der Waals surface area contributed by atoms with Crippen LogP contribution in [0, 0.1) is 5.92 Å². The van der Waals surface area contributed by atoms with Gasteiger partial charge in [-0.25, -0.2) is 0 Å². The first-order valence-electron chi connectivity index (χ1n) is 4.48. The lowest BCUT2D eigenvalue weighted by Crippen LogP contribution is -2.42. The van der Waals surface area contributed by atoms with Crippen molar-refractivity contribution in [2.24, 2.45) is 5.92 Å². The van der Waals surface area contributed by atoms with E-state index in [4.69, 9.17) is 0 Å². The van der Waals surface area contributed by atoms with Gasteiger partial charge in [0.2, 0.25) is 5.91 Å². The molecule has 0 spiro atoms. The predicted octanol–water partition coefficient (Wildman–Crippen LogP) is 1.61. The Hall–Kier alpha value is -0.180. The van der Waals surface area contributed by atoms with Crippen LogP contribution < -0.4 is 0 Å². The van der Waals surface area contributed by atoms with Crippen molar-refractivity contribution in [3.05, 3.63) is 0 Å². The molecule has 0 N–H and O–H groups in total. The SMILES string of the molecule is CC(=O)N1CCSC(C(C)C)C1. The van der Waals surface area contributed by atoms with E-state index in [1.54, 1.807) is 6.92 Å². The number of rotatable bonds is 1. The van der Waals surface area contributed by atoms with Gasteiger partial charge in [0.25, 0.3) is 0 Å². The molecule has 1 heterocycles. The number of thioether (sulfide) groups is 1. The third-order valence-electron chi connectivity index (χ3n) is 2.28. The Morgan fingerprint density at radius 1 is 1.58 bits per heavy atom. The van der Waals surface area contributed by atoms with E-state index in [2.05, 4.69) is 13.8 Å². The molecule has 0 aliphatic carbocycles. The molecule has 1 aliphatic rings. The summed E-state index contributed by atoms with van der Waals surface area (Å²) in [6.45, 7) is 7.98. The molecule has 1 atom stereocenters. The lowest BCUT2D eigenvalue weighted by Gasteiger charge is -2.33. The predicted molar refractivity (Wildman–Crippen MR) is 53.3 cm³/mol. The number of hydrogen-bond donors (Lipinski definition) is 0. The standard InChI is InChI=1S/C9H17NOS/c1-7(2)9-6-10(8(3)11)4-5-12-9/h7,9H,4-6H2,1-3H3. The van der Waals surface area contributed by atoms with Crippen LogP contribution in [0.5, 0.6) is 0 Å². The molecule has 70 valence electrons. The topological polar surface area (TPSA) is 20.3 Å². The quantitative estimate of drug-likeness (QED) is 0.621. The summed E-state index contributed by atoms with van der Waals surface area (Å²) >= 11 is 2.00. The van der Waals surface area contributed by atoms with Gasteiger partial charge in [-0.2, -0.15) is 11.8 Å². The maximum atomic E-state index is 11.1. The van der Waals surface area contributed by atoms with Gasteiger partial charge in [-0.3, -0.25) is 4.79 Å². The van der Waals surface area contributed by atoms with Crippen molar-refractivity contribution < 1.29 is 4.79 Å². The van der Waals surface area contributed by atoms with E-state index >= 15 is 0 Å². The zero-order valence-electron chi connectivity index (χ0n) is 8.04. The van der Waals surface area contributed by atoms with Gasteiger partial charge in [0.05, 0.1) is 0 Å². The molecule has 0 aromatic heterocycles. The Labute approximate surface area is 78.7 Å². The van der Waals surface area contributed by atoms with Gasteiger partial charge in [-0.1, -0.05) is 13.8 Å². The highest BCUT2D eigenvalue weighted by molar-refractivity contribution is 8.00. The monoisotopic (exact) mass is 187 g/mol. The zero-order valence-corrected chi connectivity index (χ0v) is 8.86. The van der Waals surface area contributed by atoms with Gasteiger partial charge >= 0.3 is 0 Å². The van der Waals surface area contributed by atoms with Crippen molar-refractivity contribution in [1.82, 2.24) is 4.90 Å². The molecule has 1 unspecified atom stereocenters. The first-order chi connectivity index (χ1) is 5.61. The largest absolute Gasteiger partial charge is 0.341 e. The molecule has 0 bridgehead atoms. The fourth-order valence-corrected chi connectivity index (χ4v) is 2.66. The van der Waals surface area contributed by atoms with Gasteiger partial charge < -0.3 is 4.90 Å². The molecule has 0 aromatic carbocycles. The maximum Gasteiger partial charge on any atom is 0.219 e. The van der Waals surface area contributed by atoms with Crippen LogP contribution in [-0.4, -0.2) is 34.9 Å². The Kier molecular flexibility index (Phi) is 3.44. The summed E-state index contributed by atoms with van der Waals surface area (Å²) in [4.78, 5) is 13.0. The van der Waals surface area contributed by atoms with Crippen LogP contribution in [0.15, 0.2) is 0 Å². The lowest BCUT2D eigenvalue weighted by atomic mass is 10.1. The Bertz CT molecular complexity index is 170. The minimum Gasteiger partial charge on any atom is -0.341 e. The normalized spacial score (nSPS) is 24.7. The first-order valence-corrected chi connectivity index (χ1v) is 5.53. The lowest BCUT2D eigenvalue weighted by molar-refractivity contribution is -0.128. The van der Waals surface area contributed by atoms with E-state index in [1.165, 1.54) is 0 Å². The number of carbonyl (C=O) groups is 1. The maximum absolute atomic E-state index is 11.1. The third-order valence-corrected chi connectivity index (χ3v) is 3.82. The fourth-order valence-electron chi connectivity index (χ4n) is 1.36. The minimum atomic E-state index is 0.223. The summed E-state index contributed by atoms with van der Waals surface area (Å²) in [5, 5.41) is 0.641. The first kappa shape index (κ1) is 9.90. The second-order valence-electron chi connectivity index (χ2n) is 3.62. The minimum absolute atomic E-state index is 0.223. The average Bonchev–Trinajstić information content (AvgIpc) is 2.04. The van der Waals surface area contributed by atoms with Crippen LogP contribution in [0.3, 0.4) is 0 Å². The highest BCUT2D eigenvalue weighted by Gasteiger charge is 2.23. The molecule has 1 aliphatic heterocycles. The highest BCUT2D eigenvalue weighted by atomic mass is 32.2. The summed E-state index contributed by atoms with van der Waals surface area (Å²) in [6, 6.07) is 0. The third kappa shape index (κ3) is 2.41. The Balaban J connectivity index is 2.46. The number of amides is 1. The van der Waals surface area contributed by atoms with Gasteiger partial charge in [0.1, 0.15) is 0 Å². The van der Waals surface area contributed by atoms with Crippen molar-refractivity contribution in [2.45, 2.75) is 26.0 Å². The van der Waals surface area contributed by atoms with Crippen molar-refractivity contribution in [2.75, 3.05) is 18.8 Å². The molecular weight excluding hydrogens is 170 g/mol. The van der Waals surface area contributed by atoms with Gasteiger partial charge in [0, 0.05) is 31.0 Å². The molecule has 1 fully saturated rings. The van der Waals surface area contributed by atoms with Crippen LogP contribution in [0.2, 0.25) is 0 Å². The van der Waals surface area contributed by atoms with E-state index < -0.39 is 0 Å². The van der Waals surface area contributed by atoms with Gasteiger partial charge in [-0.05, 0) is 5.92 Å². The van der Waals surface area contributed by atoms with E-state index in [1.807, 2.05) is 16.7 Å². The molecule has 0 aromatic rings. The average molecular weight is 187 g/mol. The molecule has 1 amide bonds. The smallest absolute Gasteiger partial charge is 0.219 e. The highest BCUT2D eigenvalue weighted by Crippen LogP contribution is 2.24. The number of carbonyl (C=O) groups excluding carboxylic acids is 1. The van der Waals surface area contributed by atoms with E-state index in [-0.39, 0.29) is 5.91 Å². The molecule has 1 rings (SSSR count). The molecule has 3 heteroatoms. The molecule has 2 nitrogen and oxygen atoms in total. The van der Waals surface area contributed by atoms with Crippen molar-refractivity contribution in [1.29, 1.82) is 0 Å². The Morgan fingerprint density at radius 2 is 2.25 bits per heavy atom. The second-order valence-corrected chi connectivity index (χ2v) is 4.97. The molecule has 0 saturated carbocycles. The summed E-state index contributed by atoms with van der Waals surface area (Å²) in [5.41, 5.74) is 0. The van der Waals surface area contributed by atoms with Crippen LogP contribution in [0.1, 0.15) is 20.8 Å². The molecular formula is C9H17NOS. The van der Waals surface area contributed by atoms with Gasteiger partial charge in [-0.15, -0.1) is 0 Å². The molecule has 1 saturated heterocycles. The van der Waals surface area contributed by atoms with Crippen molar-refractivity contribution in [3.63, 3.8) is 0 Å². The Morgan fingerprint density at radius 3 is 2.75 bits per heavy atom. The van der Waals surface area contributed by atoms with Crippen LogP contribution in [-0.2, 0) is 4.79 Å². The van der Waals surface area contributed by atoms with E-state index in [0.717, 1.165) is 18.8 Å². The van der Waals surface area contributed by atoms with E-state index in [0.29, 0.717) is 11.2 Å².